The van der Waals surface area contributed by atoms with E-state index in [2.05, 4.69) is 53.0 Å². The Bertz CT molecular complexity index is 401. The molecule has 0 spiro atoms. The minimum absolute atomic E-state index is 0.484. The van der Waals surface area contributed by atoms with E-state index >= 15 is 0 Å². The summed E-state index contributed by atoms with van der Waals surface area (Å²) in [6.07, 6.45) is 6.36. The van der Waals surface area contributed by atoms with Crippen LogP contribution in [0.2, 0.25) is 0 Å². The van der Waals surface area contributed by atoms with Gasteiger partial charge in [-0.25, -0.2) is 9.97 Å². The number of aromatic nitrogens is 2. The van der Waals surface area contributed by atoms with Gasteiger partial charge in [-0.1, -0.05) is 13.8 Å². The Kier molecular flexibility index (Phi) is 5.31. The quantitative estimate of drug-likeness (QED) is 0.854. The first-order valence-electron chi connectivity index (χ1n) is 7.52. The summed E-state index contributed by atoms with van der Waals surface area (Å²) in [4.78, 5) is 13.7. The maximum atomic E-state index is 4.55. The van der Waals surface area contributed by atoms with Crippen LogP contribution in [0.25, 0.3) is 0 Å². The van der Waals surface area contributed by atoms with Crippen molar-refractivity contribution < 1.29 is 0 Å². The first-order chi connectivity index (χ1) is 9.56. The van der Waals surface area contributed by atoms with E-state index in [4.69, 9.17) is 0 Å². The summed E-state index contributed by atoms with van der Waals surface area (Å²) in [7, 11) is 4.25. The largest absolute Gasteiger partial charge is 0.337 e. The van der Waals surface area contributed by atoms with E-state index in [-0.39, 0.29) is 0 Å². The first-order valence-corrected chi connectivity index (χ1v) is 7.52. The van der Waals surface area contributed by atoms with Gasteiger partial charge in [0.2, 0.25) is 5.95 Å². The van der Waals surface area contributed by atoms with Crippen molar-refractivity contribution in [1.82, 2.24) is 20.2 Å². The fraction of sp³-hybridized carbons (Fsp3) is 0.733. The van der Waals surface area contributed by atoms with Gasteiger partial charge in [0.15, 0.2) is 0 Å². The van der Waals surface area contributed by atoms with Crippen LogP contribution in [0.15, 0.2) is 12.4 Å². The van der Waals surface area contributed by atoms with Gasteiger partial charge in [-0.3, -0.25) is 0 Å². The van der Waals surface area contributed by atoms with Crippen molar-refractivity contribution in [3.05, 3.63) is 18.0 Å². The molecule has 1 aliphatic rings. The molecule has 112 valence electrons. The zero-order valence-electron chi connectivity index (χ0n) is 13.1. The Labute approximate surface area is 122 Å². The first kappa shape index (κ1) is 15.2. The van der Waals surface area contributed by atoms with Crippen LogP contribution in [0.3, 0.4) is 0 Å². The minimum Gasteiger partial charge on any atom is -0.337 e. The molecular formula is C15H27N5. The third-order valence-corrected chi connectivity index (χ3v) is 3.62. The molecule has 1 N–H and O–H groups in total. The molecule has 0 aliphatic carbocycles. The fourth-order valence-electron chi connectivity index (χ4n) is 2.62. The molecule has 0 amide bonds. The summed E-state index contributed by atoms with van der Waals surface area (Å²) >= 11 is 0. The lowest BCUT2D eigenvalue weighted by atomic mass is 10.2. The number of rotatable bonds is 6. The van der Waals surface area contributed by atoms with E-state index in [0.29, 0.717) is 12.1 Å². The molecule has 5 nitrogen and oxygen atoms in total. The van der Waals surface area contributed by atoms with Gasteiger partial charge < -0.3 is 15.1 Å². The SMILES string of the molecule is CC(C)NCc1cnc(N2CCCC2CN(C)C)nc1. The molecule has 5 heteroatoms. The fourth-order valence-corrected chi connectivity index (χ4v) is 2.62. The molecule has 1 atom stereocenters. The molecule has 1 aromatic heterocycles. The lowest BCUT2D eigenvalue weighted by Gasteiger charge is -2.27. The van der Waals surface area contributed by atoms with Crippen LogP contribution < -0.4 is 10.2 Å². The number of hydrogen-bond donors (Lipinski definition) is 1. The van der Waals surface area contributed by atoms with Crippen LogP contribution in [0, 0.1) is 0 Å². The van der Waals surface area contributed by atoms with Crippen molar-refractivity contribution in [2.45, 2.75) is 45.3 Å². The van der Waals surface area contributed by atoms with Gasteiger partial charge in [0.25, 0.3) is 0 Å². The van der Waals surface area contributed by atoms with E-state index in [1.54, 1.807) is 0 Å². The van der Waals surface area contributed by atoms with Gasteiger partial charge in [-0.05, 0) is 26.9 Å². The maximum Gasteiger partial charge on any atom is 0.225 e. The van der Waals surface area contributed by atoms with Gasteiger partial charge in [0, 0.05) is 49.7 Å². The average molecular weight is 277 g/mol. The highest BCUT2D eigenvalue weighted by Crippen LogP contribution is 2.22. The van der Waals surface area contributed by atoms with Crippen molar-refractivity contribution in [2.24, 2.45) is 0 Å². The second-order valence-electron chi connectivity index (χ2n) is 6.18. The van der Waals surface area contributed by atoms with Crippen molar-refractivity contribution in [1.29, 1.82) is 0 Å². The summed E-state index contributed by atoms with van der Waals surface area (Å²) in [5, 5.41) is 3.39. The van der Waals surface area contributed by atoms with E-state index in [9.17, 15) is 0 Å². The highest BCUT2D eigenvalue weighted by atomic mass is 15.3. The zero-order chi connectivity index (χ0) is 14.5. The number of nitrogens with zero attached hydrogens (tertiary/aromatic N) is 4. The minimum atomic E-state index is 0.484. The summed E-state index contributed by atoms with van der Waals surface area (Å²) in [5.74, 6) is 0.877. The third-order valence-electron chi connectivity index (χ3n) is 3.62. The molecule has 0 bridgehead atoms. The molecule has 1 unspecified atom stereocenters. The molecule has 1 saturated heterocycles. The average Bonchev–Trinajstić information content (AvgIpc) is 2.84. The smallest absolute Gasteiger partial charge is 0.225 e. The normalized spacial score (nSPS) is 19.3. The maximum absolute atomic E-state index is 4.55. The van der Waals surface area contributed by atoms with E-state index in [1.807, 2.05) is 12.4 Å². The van der Waals surface area contributed by atoms with Gasteiger partial charge in [-0.15, -0.1) is 0 Å². The standard InChI is InChI=1S/C15H27N5/c1-12(2)16-8-13-9-17-15(18-10-13)20-7-5-6-14(20)11-19(3)4/h9-10,12,14,16H,5-8,11H2,1-4H3. The van der Waals surface area contributed by atoms with Crippen LogP contribution in [0.1, 0.15) is 32.3 Å². The molecule has 0 aromatic carbocycles. The molecule has 1 aromatic rings. The lowest BCUT2D eigenvalue weighted by molar-refractivity contribution is 0.371. The van der Waals surface area contributed by atoms with Gasteiger partial charge in [0.05, 0.1) is 0 Å². The van der Waals surface area contributed by atoms with Crippen LogP contribution in [-0.2, 0) is 6.54 Å². The molecule has 20 heavy (non-hydrogen) atoms. The second kappa shape index (κ2) is 6.99. The second-order valence-corrected chi connectivity index (χ2v) is 6.18. The molecular weight excluding hydrogens is 250 g/mol. The molecule has 1 fully saturated rings. The van der Waals surface area contributed by atoms with E-state index in [0.717, 1.165) is 31.1 Å². The predicted molar refractivity (Wildman–Crippen MR) is 82.9 cm³/mol. The number of nitrogens with one attached hydrogen (secondary N) is 1. The number of hydrogen-bond acceptors (Lipinski definition) is 5. The summed E-state index contributed by atoms with van der Waals surface area (Å²) < 4.78 is 0. The summed E-state index contributed by atoms with van der Waals surface area (Å²) in [6.45, 7) is 7.26. The van der Waals surface area contributed by atoms with Gasteiger partial charge in [0.1, 0.15) is 0 Å². The Morgan fingerprint density at radius 2 is 2.05 bits per heavy atom. The Balaban J connectivity index is 1.98. The molecule has 2 heterocycles. The predicted octanol–water partition coefficient (Wildman–Crippen LogP) is 1.50. The van der Waals surface area contributed by atoms with Crippen LogP contribution >= 0.6 is 0 Å². The van der Waals surface area contributed by atoms with Crippen LogP contribution in [0.5, 0.6) is 0 Å². The molecule has 2 rings (SSSR count). The van der Waals surface area contributed by atoms with Crippen molar-refractivity contribution >= 4 is 5.95 Å². The Hall–Kier alpha value is -1.20. The monoisotopic (exact) mass is 277 g/mol. The molecule has 0 radical (unpaired) electrons. The van der Waals surface area contributed by atoms with Crippen LogP contribution in [-0.4, -0.2) is 54.1 Å². The highest BCUT2D eigenvalue weighted by molar-refractivity contribution is 5.33. The number of likely N-dealkylation sites (N-methyl/N-ethyl adjacent to an activating group) is 1. The molecule has 1 aliphatic heterocycles. The van der Waals surface area contributed by atoms with Crippen LogP contribution in [0.4, 0.5) is 5.95 Å². The van der Waals surface area contributed by atoms with Crippen molar-refractivity contribution in [3.63, 3.8) is 0 Å². The lowest BCUT2D eigenvalue weighted by Crippen LogP contribution is -2.38. The zero-order valence-corrected chi connectivity index (χ0v) is 13.1. The topological polar surface area (TPSA) is 44.3 Å². The molecule has 0 saturated carbocycles. The number of anilines is 1. The van der Waals surface area contributed by atoms with Gasteiger partial charge >= 0.3 is 0 Å². The van der Waals surface area contributed by atoms with Crippen molar-refractivity contribution in [2.75, 3.05) is 32.1 Å². The third kappa shape index (κ3) is 4.15. The Morgan fingerprint density at radius 3 is 2.65 bits per heavy atom. The summed E-state index contributed by atoms with van der Waals surface area (Å²) in [5.41, 5.74) is 1.14. The summed E-state index contributed by atoms with van der Waals surface area (Å²) in [6, 6.07) is 1.03. The van der Waals surface area contributed by atoms with Crippen molar-refractivity contribution in [3.8, 4) is 0 Å². The van der Waals surface area contributed by atoms with Gasteiger partial charge in [-0.2, -0.15) is 0 Å². The van der Waals surface area contributed by atoms with E-state index in [1.165, 1.54) is 12.8 Å². The highest BCUT2D eigenvalue weighted by Gasteiger charge is 2.26. The van der Waals surface area contributed by atoms with E-state index < -0.39 is 0 Å². The Morgan fingerprint density at radius 1 is 1.35 bits per heavy atom.